The number of hydrogen-bond acceptors (Lipinski definition) is 6. The number of hydrogen-bond donors (Lipinski definition) is 2. The van der Waals surface area contributed by atoms with E-state index in [2.05, 4.69) is 40.6 Å². The number of halogens is 1. The molecule has 0 spiro atoms. The van der Waals surface area contributed by atoms with Crippen LogP contribution < -0.4 is 9.80 Å². The average molecular weight is 342 g/mol. The zero-order chi connectivity index (χ0) is 17.4. The first kappa shape index (κ1) is 15.6. The Balaban J connectivity index is 1.53. The summed E-state index contributed by atoms with van der Waals surface area (Å²) in [5, 5.41) is 21.1. The van der Waals surface area contributed by atoms with Crippen molar-refractivity contribution in [3.05, 3.63) is 35.4 Å². The maximum atomic E-state index is 14.0. The van der Waals surface area contributed by atoms with Gasteiger partial charge in [0.2, 0.25) is 5.82 Å². The van der Waals surface area contributed by atoms with Gasteiger partial charge in [0.15, 0.2) is 0 Å². The first-order valence-corrected chi connectivity index (χ1v) is 8.17. The van der Waals surface area contributed by atoms with Crippen molar-refractivity contribution >= 4 is 11.4 Å². The molecular weight excluding hydrogens is 323 g/mol. The summed E-state index contributed by atoms with van der Waals surface area (Å²) in [7, 11) is 0. The number of piperazine rings is 1. The highest BCUT2D eigenvalue weighted by Gasteiger charge is 2.22. The largest absolute Gasteiger partial charge is 0.368 e. The SMILES string of the molecule is Cc1n[nH]c(C)c1N1CCN(c2cc(F)cc(-c3nn[nH]n3)c2)CC1. The second-order valence-electron chi connectivity index (χ2n) is 6.19. The smallest absolute Gasteiger partial charge is 0.204 e. The van der Waals surface area contributed by atoms with Gasteiger partial charge in [-0.25, -0.2) is 4.39 Å². The number of aromatic nitrogens is 6. The molecule has 4 rings (SSSR count). The van der Waals surface area contributed by atoms with Crippen LogP contribution >= 0.6 is 0 Å². The van der Waals surface area contributed by atoms with E-state index >= 15 is 0 Å². The number of nitrogens with one attached hydrogen (secondary N) is 2. The molecule has 9 heteroatoms. The van der Waals surface area contributed by atoms with E-state index in [1.165, 1.54) is 11.8 Å². The number of nitrogens with zero attached hydrogens (tertiary/aromatic N) is 6. The lowest BCUT2D eigenvalue weighted by atomic mass is 10.1. The predicted octanol–water partition coefficient (Wildman–Crippen LogP) is 1.67. The fourth-order valence-electron chi connectivity index (χ4n) is 3.37. The van der Waals surface area contributed by atoms with Gasteiger partial charge < -0.3 is 9.80 Å². The van der Waals surface area contributed by atoms with E-state index in [-0.39, 0.29) is 5.82 Å². The van der Waals surface area contributed by atoms with Crippen molar-refractivity contribution in [2.75, 3.05) is 36.0 Å². The summed E-state index contributed by atoms with van der Waals surface area (Å²) in [5.74, 6) is 0.0882. The predicted molar refractivity (Wildman–Crippen MR) is 92.1 cm³/mol. The van der Waals surface area contributed by atoms with Gasteiger partial charge in [-0.2, -0.15) is 10.3 Å². The zero-order valence-electron chi connectivity index (χ0n) is 14.1. The summed E-state index contributed by atoms with van der Waals surface area (Å²) in [6.45, 7) is 7.36. The molecule has 1 aliphatic rings. The van der Waals surface area contributed by atoms with Crippen LogP contribution in [0.5, 0.6) is 0 Å². The van der Waals surface area contributed by atoms with Crippen LogP contribution in [0.1, 0.15) is 11.4 Å². The van der Waals surface area contributed by atoms with Crippen LogP contribution in [0.2, 0.25) is 0 Å². The third-order valence-electron chi connectivity index (χ3n) is 4.54. The van der Waals surface area contributed by atoms with Crippen LogP contribution in [0.25, 0.3) is 11.4 Å². The van der Waals surface area contributed by atoms with Crippen molar-refractivity contribution in [2.24, 2.45) is 0 Å². The lowest BCUT2D eigenvalue weighted by molar-refractivity contribution is 0.620. The van der Waals surface area contributed by atoms with Gasteiger partial charge in [0.25, 0.3) is 0 Å². The molecule has 0 unspecified atom stereocenters. The molecule has 0 atom stereocenters. The second-order valence-corrected chi connectivity index (χ2v) is 6.19. The summed E-state index contributed by atoms with van der Waals surface area (Å²) in [5.41, 5.74) is 4.71. The highest BCUT2D eigenvalue weighted by atomic mass is 19.1. The minimum atomic E-state index is -0.304. The van der Waals surface area contributed by atoms with Crippen molar-refractivity contribution in [1.82, 2.24) is 30.8 Å². The van der Waals surface area contributed by atoms with E-state index in [0.29, 0.717) is 11.4 Å². The fourth-order valence-corrected chi connectivity index (χ4v) is 3.37. The molecule has 1 aromatic carbocycles. The highest BCUT2D eigenvalue weighted by molar-refractivity contribution is 5.64. The minimum absolute atomic E-state index is 0.304. The number of aromatic amines is 2. The molecule has 0 radical (unpaired) electrons. The van der Waals surface area contributed by atoms with E-state index in [1.807, 2.05) is 19.9 Å². The molecule has 130 valence electrons. The Kier molecular flexibility index (Phi) is 3.83. The fraction of sp³-hybridized carbons (Fsp3) is 0.375. The summed E-state index contributed by atoms with van der Waals surface area (Å²) in [6, 6.07) is 4.87. The molecule has 1 aliphatic heterocycles. The number of anilines is 2. The summed E-state index contributed by atoms with van der Waals surface area (Å²) < 4.78 is 14.0. The van der Waals surface area contributed by atoms with Crippen molar-refractivity contribution in [1.29, 1.82) is 0 Å². The van der Waals surface area contributed by atoms with Crippen LogP contribution in [-0.2, 0) is 0 Å². The molecule has 3 heterocycles. The van der Waals surface area contributed by atoms with Gasteiger partial charge in [-0.15, -0.1) is 10.2 Å². The number of aryl methyl sites for hydroxylation is 2. The van der Waals surface area contributed by atoms with Crippen LogP contribution in [0.15, 0.2) is 18.2 Å². The topological polar surface area (TPSA) is 89.6 Å². The monoisotopic (exact) mass is 342 g/mol. The summed E-state index contributed by atoms with van der Waals surface area (Å²) in [6.07, 6.45) is 0. The Bertz CT molecular complexity index is 845. The Morgan fingerprint density at radius 2 is 1.76 bits per heavy atom. The van der Waals surface area contributed by atoms with E-state index in [9.17, 15) is 4.39 Å². The Labute approximate surface area is 144 Å². The maximum absolute atomic E-state index is 14.0. The molecule has 3 aromatic rings. The molecule has 0 aliphatic carbocycles. The van der Waals surface area contributed by atoms with E-state index < -0.39 is 0 Å². The standard InChI is InChI=1S/C16H19FN8/c1-10-15(11(2)19-18-10)25-5-3-24(4-6-25)14-8-12(7-13(17)9-14)16-20-22-23-21-16/h7-9H,3-6H2,1-2H3,(H,18,19)(H,20,21,22,23). The molecule has 2 N–H and O–H groups in total. The number of benzene rings is 1. The van der Waals surface area contributed by atoms with E-state index in [1.54, 1.807) is 6.07 Å². The number of H-pyrrole nitrogens is 2. The molecule has 2 aromatic heterocycles. The zero-order valence-corrected chi connectivity index (χ0v) is 14.1. The highest BCUT2D eigenvalue weighted by Crippen LogP contribution is 2.27. The number of tetrazole rings is 1. The quantitative estimate of drug-likeness (QED) is 0.753. The molecule has 0 amide bonds. The van der Waals surface area contributed by atoms with Gasteiger partial charge in [-0.05, 0) is 37.3 Å². The van der Waals surface area contributed by atoms with Gasteiger partial charge in [-0.1, -0.05) is 0 Å². The molecule has 0 bridgehead atoms. The second kappa shape index (κ2) is 6.15. The molecule has 25 heavy (non-hydrogen) atoms. The van der Waals surface area contributed by atoms with Crippen LogP contribution in [0.3, 0.4) is 0 Å². The van der Waals surface area contributed by atoms with Gasteiger partial charge in [0.1, 0.15) is 5.82 Å². The van der Waals surface area contributed by atoms with E-state index in [0.717, 1.165) is 43.3 Å². The Morgan fingerprint density at radius 1 is 1.00 bits per heavy atom. The molecule has 8 nitrogen and oxygen atoms in total. The average Bonchev–Trinajstić information content (AvgIpc) is 3.25. The lowest BCUT2D eigenvalue weighted by Crippen LogP contribution is -2.46. The minimum Gasteiger partial charge on any atom is -0.368 e. The normalized spacial score (nSPS) is 15.0. The molecule has 1 fully saturated rings. The summed E-state index contributed by atoms with van der Waals surface area (Å²) in [4.78, 5) is 4.50. The summed E-state index contributed by atoms with van der Waals surface area (Å²) >= 11 is 0. The maximum Gasteiger partial charge on any atom is 0.204 e. The van der Waals surface area contributed by atoms with Crippen molar-refractivity contribution < 1.29 is 4.39 Å². The van der Waals surface area contributed by atoms with Crippen LogP contribution in [0, 0.1) is 19.7 Å². The van der Waals surface area contributed by atoms with Gasteiger partial charge in [-0.3, -0.25) is 5.10 Å². The molecule has 0 saturated carbocycles. The lowest BCUT2D eigenvalue weighted by Gasteiger charge is -2.37. The van der Waals surface area contributed by atoms with Crippen LogP contribution in [-0.4, -0.2) is 57.0 Å². The van der Waals surface area contributed by atoms with Gasteiger partial charge in [0, 0.05) is 37.4 Å². The Morgan fingerprint density at radius 3 is 2.40 bits per heavy atom. The van der Waals surface area contributed by atoms with Gasteiger partial charge >= 0.3 is 0 Å². The van der Waals surface area contributed by atoms with Gasteiger partial charge in [0.05, 0.1) is 17.1 Å². The Hall–Kier alpha value is -2.97. The van der Waals surface area contributed by atoms with Crippen LogP contribution in [0.4, 0.5) is 15.8 Å². The number of rotatable bonds is 3. The third-order valence-corrected chi connectivity index (χ3v) is 4.54. The third kappa shape index (κ3) is 2.92. The van der Waals surface area contributed by atoms with E-state index in [4.69, 9.17) is 0 Å². The van der Waals surface area contributed by atoms with Crippen molar-refractivity contribution in [3.63, 3.8) is 0 Å². The molecule has 1 saturated heterocycles. The van der Waals surface area contributed by atoms with Crippen molar-refractivity contribution in [2.45, 2.75) is 13.8 Å². The first-order valence-electron chi connectivity index (χ1n) is 8.17. The van der Waals surface area contributed by atoms with Crippen molar-refractivity contribution in [3.8, 4) is 11.4 Å². The first-order chi connectivity index (χ1) is 12.1. The molecular formula is C16H19FN8.